The normalized spacial score (nSPS) is 14.7. The minimum Gasteiger partial charge on any atom is -0.481 e. The zero-order chi connectivity index (χ0) is 44.4. The number of nitrogens with one attached hydrogen (secondary N) is 6. The van der Waals surface area contributed by atoms with Crippen LogP contribution in [0.2, 0.25) is 0 Å². The molecule has 1 aromatic carbocycles. The maximum Gasteiger partial charge on any atom is 0.326 e. The molecule has 0 bridgehead atoms. The van der Waals surface area contributed by atoms with Gasteiger partial charge in [-0.15, -0.1) is 0 Å². The Kier molecular flexibility index (Phi) is 20.5. The van der Waals surface area contributed by atoms with Crippen LogP contribution in [0, 0.1) is 17.8 Å². The monoisotopic (exact) mass is 819 g/mol. The average Bonchev–Trinajstić information content (AvgIpc) is 3.10. The molecule has 1 aromatic rings. The van der Waals surface area contributed by atoms with Gasteiger partial charge in [0.15, 0.2) is 0 Å². The van der Waals surface area contributed by atoms with Crippen molar-refractivity contribution in [3.8, 4) is 0 Å². The van der Waals surface area contributed by atoms with Gasteiger partial charge in [0.2, 0.25) is 47.3 Å². The van der Waals surface area contributed by atoms with Gasteiger partial charge in [-0.1, -0.05) is 71.9 Å². The van der Waals surface area contributed by atoms with E-state index in [-0.39, 0.29) is 18.8 Å². The lowest BCUT2D eigenvalue weighted by Crippen LogP contribution is -2.61. The fraction of sp³-hybridized carbons (Fsp3) is 0.568. The lowest BCUT2D eigenvalue weighted by Gasteiger charge is -2.29. The van der Waals surface area contributed by atoms with Crippen molar-refractivity contribution in [3.05, 3.63) is 35.9 Å². The van der Waals surface area contributed by atoms with Gasteiger partial charge in [0, 0.05) is 6.42 Å². The van der Waals surface area contributed by atoms with Crippen molar-refractivity contribution in [3.63, 3.8) is 0 Å². The van der Waals surface area contributed by atoms with E-state index in [1.54, 1.807) is 71.9 Å². The molecule has 0 radical (unpaired) electrons. The molecule has 0 spiro atoms. The average molecular weight is 820 g/mol. The fourth-order valence-electron chi connectivity index (χ4n) is 5.51. The van der Waals surface area contributed by atoms with Crippen LogP contribution >= 0.6 is 0 Å². The predicted molar refractivity (Wildman–Crippen MR) is 206 cm³/mol. The molecular formula is C37H57N9O12. The van der Waals surface area contributed by atoms with Crippen LogP contribution in [-0.4, -0.2) is 112 Å². The summed E-state index contributed by atoms with van der Waals surface area (Å²) in [5.74, 6) is -11.9. The van der Waals surface area contributed by atoms with Crippen molar-refractivity contribution < 1.29 is 58.2 Å². The first kappa shape index (κ1) is 49.9. The number of hydrogen-bond acceptors (Lipinski definition) is 11. The number of carbonyl (C=O) groups excluding carboxylic acids is 8. The molecule has 21 heteroatoms. The van der Waals surface area contributed by atoms with Gasteiger partial charge < -0.3 is 59.3 Å². The number of hydrogen-bond donors (Lipinski definition) is 11. The lowest BCUT2D eigenvalue weighted by molar-refractivity contribution is -0.144. The Bertz CT molecular complexity index is 1650. The summed E-state index contributed by atoms with van der Waals surface area (Å²) in [5.41, 5.74) is 16.7. The largest absolute Gasteiger partial charge is 0.481 e. The number of benzene rings is 1. The quantitative estimate of drug-likeness (QED) is 0.0473. The van der Waals surface area contributed by atoms with Crippen LogP contribution in [-0.2, 0) is 54.4 Å². The van der Waals surface area contributed by atoms with E-state index in [4.69, 9.17) is 22.3 Å². The molecule has 14 N–H and O–H groups in total. The standard InChI is InChI=1S/C37H57N9O12/c1-17(2)12-22(32(52)41-24(15-26(39)47)33(53)44-25(37(57)58)16-27(40)48)42-36(56)30(19(5)6)46-34(54)23(13-20-10-8-7-9-11-20)43-35(55)29(18(3)4)45-31(51)21(38)14-28(49)50/h7-11,17-19,21-25,29-30H,12-16,38H2,1-6H3,(H2,39,47)(H2,40,48)(H,41,52)(H,42,56)(H,43,55)(H,44,53)(H,45,51)(H,46,54)(H,49,50)(H,57,58)/t21-,22-,23-,24-,25-,29-,30-/m0/s1. The van der Waals surface area contributed by atoms with Crippen molar-refractivity contribution >= 4 is 59.2 Å². The summed E-state index contributed by atoms with van der Waals surface area (Å²) >= 11 is 0. The minimum absolute atomic E-state index is 0.00814. The Morgan fingerprint density at radius 3 is 1.40 bits per heavy atom. The molecule has 21 nitrogen and oxygen atoms in total. The summed E-state index contributed by atoms with van der Waals surface area (Å²) in [6.45, 7) is 9.90. The van der Waals surface area contributed by atoms with Gasteiger partial charge in [0.25, 0.3) is 0 Å². The zero-order valence-corrected chi connectivity index (χ0v) is 33.4. The second-order valence-corrected chi connectivity index (χ2v) is 14.9. The van der Waals surface area contributed by atoms with Crippen LogP contribution in [0.4, 0.5) is 0 Å². The van der Waals surface area contributed by atoms with Gasteiger partial charge in [-0.05, 0) is 29.7 Å². The first-order valence-electron chi connectivity index (χ1n) is 18.6. The minimum atomic E-state index is -1.79. The van der Waals surface area contributed by atoms with Crippen molar-refractivity contribution in [2.24, 2.45) is 35.0 Å². The molecular weight excluding hydrogens is 762 g/mol. The number of primary amides is 2. The van der Waals surface area contributed by atoms with E-state index < -0.39 is 133 Å². The van der Waals surface area contributed by atoms with Crippen molar-refractivity contribution in [1.82, 2.24) is 31.9 Å². The Labute approximate surface area is 335 Å². The topological polar surface area (TPSA) is 361 Å². The van der Waals surface area contributed by atoms with Gasteiger partial charge in [-0.2, -0.15) is 0 Å². The van der Waals surface area contributed by atoms with E-state index in [9.17, 15) is 53.1 Å². The summed E-state index contributed by atoms with van der Waals surface area (Å²) in [6.07, 6.45) is -2.33. The van der Waals surface area contributed by atoms with E-state index in [0.29, 0.717) is 5.56 Å². The fourth-order valence-corrected chi connectivity index (χ4v) is 5.51. The number of carboxylic acid groups (broad SMARTS) is 2. The van der Waals surface area contributed by atoms with Gasteiger partial charge in [-0.3, -0.25) is 43.2 Å². The van der Waals surface area contributed by atoms with Gasteiger partial charge in [-0.25, -0.2) is 4.79 Å². The van der Waals surface area contributed by atoms with Crippen LogP contribution in [0.3, 0.4) is 0 Å². The smallest absolute Gasteiger partial charge is 0.326 e. The maximum absolute atomic E-state index is 14.0. The molecule has 0 heterocycles. The molecule has 0 aliphatic heterocycles. The Balaban J connectivity index is 3.38. The molecule has 0 aliphatic carbocycles. The van der Waals surface area contributed by atoms with Crippen LogP contribution < -0.4 is 49.1 Å². The summed E-state index contributed by atoms with van der Waals surface area (Å²) in [7, 11) is 0. The van der Waals surface area contributed by atoms with Gasteiger partial charge in [0.1, 0.15) is 36.3 Å². The first-order chi connectivity index (χ1) is 26.9. The molecule has 7 atom stereocenters. The van der Waals surface area contributed by atoms with E-state index in [1.165, 1.54) is 0 Å². The number of nitrogens with two attached hydrogens (primary N) is 3. The van der Waals surface area contributed by atoms with E-state index in [1.807, 2.05) is 5.32 Å². The van der Waals surface area contributed by atoms with Gasteiger partial charge >= 0.3 is 11.9 Å². The highest BCUT2D eigenvalue weighted by atomic mass is 16.4. The number of aliphatic carboxylic acids is 2. The molecule has 0 aromatic heterocycles. The predicted octanol–water partition coefficient (Wildman–Crippen LogP) is -2.87. The third kappa shape index (κ3) is 17.8. The molecule has 0 saturated heterocycles. The Morgan fingerprint density at radius 2 is 0.948 bits per heavy atom. The molecule has 0 aliphatic rings. The SMILES string of the molecule is CC(C)C[C@H](NC(=O)[C@@H](NC(=O)[C@H](Cc1ccccc1)NC(=O)[C@@H](NC(=O)[C@@H](N)CC(=O)O)C(C)C)C(C)C)C(=O)N[C@@H](CC(N)=O)C(=O)N[C@@H](CC(N)=O)C(=O)O. The van der Waals surface area contributed by atoms with Crippen LogP contribution in [0.5, 0.6) is 0 Å². The molecule has 322 valence electrons. The van der Waals surface area contributed by atoms with Gasteiger partial charge in [0.05, 0.1) is 25.3 Å². The van der Waals surface area contributed by atoms with Crippen molar-refractivity contribution in [2.45, 2.75) is 116 Å². The van der Waals surface area contributed by atoms with E-state index in [0.717, 1.165) is 0 Å². The molecule has 8 amide bonds. The zero-order valence-electron chi connectivity index (χ0n) is 33.4. The highest BCUT2D eigenvalue weighted by molar-refractivity contribution is 5.98. The molecule has 1 rings (SSSR count). The summed E-state index contributed by atoms with van der Waals surface area (Å²) in [5, 5.41) is 33.0. The highest BCUT2D eigenvalue weighted by Gasteiger charge is 2.36. The van der Waals surface area contributed by atoms with E-state index >= 15 is 0 Å². The third-order valence-electron chi connectivity index (χ3n) is 8.54. The molecule has 0 unspecified atom stereocenters. The number of amides is 8. The highest BCUT2D eigenvalue weighted by Crippen LogP contribution is 2.12. The summed E-state index contributed by atoms with van der Waals surface area (Å²) in [6, 6.07) is -1.63. The van der Waals surface area contributed by atoms with E-state index in [2.05, 4.69) is 26.6 Å². The summed E-state index contributed by atoms with van der Waals surface area (Å²) < 4.78 is 0. The molecule has 58 heavy (non-hydrogen) atoms. The third-order valence-corrected chi connectivity index (χ3v) is 8.54. The second kappa shape index (κ2) is 23.8. The van der Waals surface area contributed by atoms with Crippen LogP contribution in [0.15, 0.2) is 30.3 Å². The molecule has 0 saturated carbocycles. The second-order valence-electron chi connectivity index (χ2n) is 14.9. The van der Waals surface area contributed by atoms with Crippen molar-refractivity contribution in [1.29, 1.82) is 0 Å². The number of carboxylic acids is 2. The van der Waals surface area contributed by atoms with Crippen LogP contribution in [0.25, 0.3) is 0 Å². The Hall–Kier alpha value is -6.12. The number of carbonyl (C=O) groups is 10. The number of rotatable bonds is 25. The molecule has 0 fully saturated rings. The lowest BCUT2D eigenvalue weighted by atomic mass is 9.98. The summed E-state index contributed by atoms with van der Waals surface area (Å²) in [4.78, 5) is 126. The van der Waals surface area contributed by atoms with Crippen molar-refractivity contribution in [2.75, 3.05) is 0 Å². The maximum atomic E-state index is 14.0. The first-order valence-corrected chi connectivity index (χ1v) is 18.6. The Morgan fingerprint density at radius 1 is 0.534 bits per heavy atom. The van der Waals surface area contributed by atoms with Crippen LogP contribution in [0.1, 0.15) is 72.8 Å².